The van der Waals surface area contributed by atoms with Crippen molar-refractivity contribution >= 4 is 21.7 Å². The molecular formula is C54H33N3. The van der Waals surface area contributed by atoms with Gasteiger partial charge in [0.05, 0.1) is 16.6 Å². The number of hydrogen-bond donors (Lipinski definition) is 0. The van der Waals surface area contributed by atoms with Crippen LogP contribution >= 0.6 is 0 Å². The molecule has 0 radical (unpaired) electrons. The zero-order chi connectivity index (χ0) is 37.5. The minimum Gasteiger partial charge on any atom is -0.265 e. The van der Waals surface area contributed by atoms with Crippen molar-refractivity contribution in [1.82, 2.24) is 15.0 Å². The van der Waals surface area contributed by atoms with Crippen LogP contribution < -0.4 is 0 Å². The first kappa shape index (κ1) is 31.8. The van der Waals surface area contributed by atoms with Gasteiger partial charge in [-0.15, -0.1) is 0 Å². The molecule has 3 heteroatoms. The number of hydrogen-bond acceptors (Lipinski definition) is 3. The van der Waals surface area contributed by atoms with Crippen molar-refractivity contribution in [1.29, 1.82) is 0 Å². The zero-order valence-corrected chi connectivity index (χ0v) is 30.9. The number of fused-ring (bicyclic) bond motifs is 13. The molecule has 57 heavy (non-hydrogen) atoms. The molecule has 2 aliphatic rings. The lowest BCUT2D eigenvalue weighted by Gasteiger charge is -2.30. The van der Waals surface area contributed by atoms with E-state index in [1.165, 1.54) is 49.9 Å². The second kappa shape index (κ2) is 12.3. The number of para-hydroxylation sites is 1. The standard InChI is InChI=1S/C54H33N3/c1-5-13-48-41(9-1)42-10-2-6-14-49(42)54(48)50-15-7-3-11-43(50)46-32-45-44-12-4-8-16-52(44)57-53(47(45)33-51(46)54)37-19-17-34(18-20-37)38-29-39(35-21-25-55-26-22-35)31-40(30-38)36-23-27-56-28-24-36/h1-33H. The van der Waals surface area contributed by atoms with E-state index < -0.39 is 5.41 Å². The van der Waals surface area contributed by atoms with E-state index in [9.17, 15) is 0 Å². The lowest BCUT2D eigenvalue weighted by molar-refractivity contribution is 0.795. The summed E-state index contributed by atoms with van der Waals surface area (Å²) in [5.74, 6) is 0. The first-order valence-electron chi connectivity index (χ1n) is 19.5. The Balaban J connectivity index is 1.08. The normalized spacial score (nSPS) is 13.1. The summed E-state index contributed by atoms with van der Waals surface area (Å²) in [5, 5.41) is 3.55. The Morgan fingerprint density at radius 1 is 0.298 bits per heavy atom. The van der Waals surface area contributed by atoms with Crippen LogP contribution in [0.3, 0.4) is 0 Å². The van der Waals surface area contributed by atoms with Gasteiger partial charge in [0, 0.05) is 41.1 Å². The molecule has 3 heterocycles. The van der Waals surface area contributed by atoms with Crippen molar-refractivity contribution < 1.29 is 0 Å². The monoisotopic (exact) mass is 723 g/mol. The molecule has 1 spiro atoms. The Hall–Kier alpha value is -7.49. The van der Waals surface area contributed by atoms with Crippen molar-refractivity contribution in [3.8, 4) is 66.9 Å². The number of pyridine rings is 3. The Morgan fingerprint density at radius 2 is 0.754 bits per heavy atom. The highest BCUT2D eigenvalue weighted by Crippen LogP contribution is 2.63. The second-order valence-corrected chi connectivity index (χ2v) is 15.2. The molecule has 2 aliphatic carbocycles. The number of benzene rings is 7. The van der Waals surface area contributed by atoms with Gasteiger partial charge >= 0.3 is 0 Å². The minimum absolute atomic E-state index is 0.424. The second-order valence-electron chi connectivity index (χ2n) is 15.2. The fourth-order valence-electron chi connectivity index (χ4n) is 9.79. The number of aromatic nitrogens is 3. The van der Waals surface area contributed by atoms with Gasteiger partial charge in [0.1, 0.15) is 0 Å². The first-order chi connectivity index (χ1) is 28.3. The average Bonchev–Trinajstić information content (AvgIpc) is 3.75. The van der Waals surface area contributed by atoms with Crippen LogP contribution in [0.25, 0.3) is 88.6 Å². The number of rotatable bonds is 4. The fourth-order valence-corrected chi connectivity index (χ4v) is 9.79. The van der Waals surface area contributed by atoms with Crippen molar-refractivity contribution in [2.75, 3.05) is 0 Å². The van der Waals surface area contributed by atoms with Crippen LogP contribution in [0.15, 0.2) is 201 Å². The number of nitrogens with zero attached hydrogens (tertiary/aromatic N) is 3. The molecule has 3 aromatic heterocycles. The molecule has 12 rings (SSSR count). The van der Waals surface area contributed by atoms with Gasteiger partial charge in [0.15, 0.2) is 0 Å². The molecule has 7 aromatic carbocycles. The molecule has 0 fully saturated rings. The molecule has 0 atom stereocenters. The van der Waals surface area contributed by atoms with E-state index in [-0.39, 0.29) is 0 Å². The van der Waals surface area contributed by atoms with E-state index in [1.807, 2.05) is 24.8 Å². The summed E-state index contributed by atoms with van der Waals surface area (Å²) in [6, 6.07) is 64.6. The molecule has 0 saturated carbocycles. The molecule has 3 nitrogen and oxygen atoms in total. The molecule has 0 bridgehead atoms. The van der Waals surface area contributed by atoms with Gasteiger partial charge in [-0.25, -0.2) is 4.98 Å². The summed E-state index contributed by atoms with van der Waals surface area (Å²) in [6.07, 6.45) is 7.40. The molecule has 264 valence electrons. The smallest absolute Gasteiger partial charge is 0.0788 e. The Kier molecular flexibility index (Phi) is 6.84. The van der Waals surface area contributed by atoms with Crippen LogP contribution in [0.2, 0.25) is 0 Å². The van der Waals surface area contributed by atoms with Crippen molar-refractivity contribution in [3.63, 3.8) is 0 Å². The predicted molar refractivity (Wildman–Crippen MR) is 233 cm³/mol. The predicted octanol–water partition coefficient (Wildman–Crippen LogP) is 13.2. The van der Waals surface area contributed by atoms with Gasteiger partial charge in [-0.2, -0.15) is 0 Å². The van der Waals surface area contributed by atoms with Crippen LogP contribution in [-0.2, 0) is 5.41 Å². The van der Waals surface area contributed by atoms with E-state index in [4.69, 9.17) is 4.98 Å². The summed E-state index contributed by atoms with van der Waals surface area (Å²) in [5.41, 5.74) is 20.1. The Labute approximate surface area is 330 Å². The SMILES string of the molecule is c1ccc2c(c1)-c1ccccc1C21c2ccccc2-c2cc3c(cc21)c(-c1ccc(-c2cc(-c4ccncc4)cc(-c4ccncc4)c2)cc1)nc1ccccc13. The van der Waals surface area contributed by atoms with Gasteiger partial charge < -0.3 is 0 Å². The summed E-state index contributed by atoms with van der Waals surface area (Å²) >= 11 is 0. The first-order valence-corrected chi connectivity index (χ1v) is 19.5. The van der Waals surface area contributed by atoms with Gasteiger partial charge in [0.2, 0.25) is 0 Å². The van der Waals surface area contributed by atoms with Crippen LogP contribution in [0.5, 0.6) is 0 Å². The Bertz CT molecular complexity index is 3120. The topological polar surface area (TPSA) is 38.7 Å². The highest BCUT2D eigenvalue weighted by molar-refractivity contribution is 6.14. The van der Waals surface area contributed by atoms with E-state index >= 15 is 0 Å². The van der Waals surface area contributed by atoms with E-state index in [0.29, 0.717) is 0 Å². The third kappa shape index (κ3) is 4.63. The maximum absolute atomic E-state index is 5.45. The maximum Gasteiger partial charge on any atom is 0.0788 e. The quantitative estimate of drug-likeness (QED) is 0.170. The van der Waals surface area contributed by atoms with Crippen LogP contribution in [0, 0.1) is 0 Å². The molecular weight excluding hydrogens is 691 g/mol. The van der Waals surface area contributed by atoms with E-state index in [1.54, 1.807) is 0 Å². The van der Waals surface area contributed by atoms with E-state index in [0.717, 1.165) is 60.9 Å². The minimum atomic E-state index is -0.424. The molecule has 10 aromatic rings. The zero-order valence-electron chi connectivity index (χ0n) is 30.9. The Morgan fingerprint density at radius 3 is 1.32 bits per heavy atom. The van der Waals surface area contributed by atoms with Crippen molar-refractivity contribution in [2.24, 2.45) is 0 Å². The van der Waals surface area contributed by atoms with E-state index in [2.05, 4.69) is 186 Å². The van der Waals surface area contributed by atoms with Gasteiger partial charge in [-0.1, -0.05) is 115 Å². The fraction of sp³-hybridized carbons (Fsp3) is 0.0185. The van der Waals surface area contributed by atoms with Gasteiger partial charge in [0.25, 0.3) is 0 Å². The highest BCUT2D eigenvalue weighted by Gasteiger charge is 2.51. The summed E-state index contributed by atoms with van der Waals surface area (Å²) < 4.78 is 0. The van der Waals surface area contributed by atoms with Gasteiger partial charge in [-0.3, -0.25) is 9.97 Å². The van der Waals surface area contributed by atoms with Crippen LogP contribution in [0.1, 0.15) is 22.3 Å². The third-order valence-corrected chi connectivity index (χ3v) is 12.3. The van der Waals surface area contributed by atoms with Crippen LogP contribution in [-0.4, -0.2) is 15.0 Å². The molecule has 0 saturated heterocycles. The molecule has 0 amide bonds. The molecule has 0 N–H and O–H groups in total. The summed E-state index contributed by atoms with van der Waals surface area (Å²) in [6.45, 7) is 0. The summed E-state index contributed by atoms with van der Waals surface area (Å²) in [4.78, 5) is 14.0. The summed E-state index contributed by atoms with van der Waals surface area (Å²) in [7, 11) is 0. The maximum atomic E-state index is 5.45. The van der Waals surface area contributed by atoms with Gasteiger partial charge in [-0.05, 0) is 144 Å². The van der Waals surface area contributed by atoms with Crippen molar-refractivity contribution in [3.05, 3.63) is 223 Å². The third-order valence-electron chi connectivity index (χ3n) is 12.3. The lowest BCUT2D eigenvalue weighted by Crippen LogP contribution is -2.25. The van der Waals surface area contributed by atoms with Crippen LogP contribution in [0.4, 0.5) is 0 Å². The highest BCUT2D eigenvalue weighted by atomic mass is 14.7. The average molecular weight is 724 g/mol. The molecule has 0 unspecified atom stereocenters. The lowest BCUT2D eigenvalue weighted by atomic mass is 9.70. The largest absolute Gasteiger partial charge is 0.265 e. The molecule has 0 aliphatic heterocycles. The van der Waals surface area contributed by atoms with Crippen molar-refractivity contribution in [2.45, 2.75) is 5.41 Å².